The Kier molecular flexibility index (Phi) is 5.78. The minimum absolute atomic E-state index is 0.132. The number of carbonyl (C=O) groups is 3. The summed E-state index contributed by atoms with van der Waals surface area (Å²) in [5, 5.41) is 14.5. The van der Waals surface area contributed by atoms with Crippen LogP contribution in [0.1, 0.15) is 12.0 Å². The van der Waals surface area contributed by atoms with Crippen LogP contribution in [0, 0.1) is 0 Å². The minimum atomic E-state index is -0.900. The molecule has 1 aliphatic rings. The van der Waals surface area contributed by atoms with Gasteiger partial charge < -0.3 is 20.5 Å². The molecule has 2 aromatic carbocycles. The number of hydrogen-bond acceptors (Lipinski definition) is 5. The van der Waals surface area contributed by atoms with E-state index in [4.69, 9.17) is 4.74 Å². The molecule has 0 aromatic heterocycles. The molecule has 3 rings (SSSR count). The molecule has 4 amide bonds. The highest BCUT2D eigenvalue weighted by Gasteiger charge is 2.39. The number of phenolic OH excluding ortho intramolecular Hbond substituents is 1. The minimum Gasteiger partial charge on any atom is -0.508 e. The smallest absolute Gasteiger partial charge is 0.329 e. The van der Waals surface area contributed by atoms with Crippen LogP contribution in [-0.2, 0) is 16.0 Å². The molecule has 1 atom stereocenters. The van der Waals surface area contributed by atoms with Crippen LogP contribution in [-0.4, -0.2) is 42.6 Å². The number of anilines is 1. The quantitative estimate of drug-likeness (QED) is 0.629. The number of benzene rings is 2. The van der Waals surface area contributed by atoms with E-state index in [-0.39, 0.29) is 18.1 Å². The number of methoxy groups -OCH3 is 1. The van der Waals surface area contributed by atoms with Crippen LogP contribution >= 0.6 is 0 Å². The first-order valence-electron chi connectivity index (χ1n) is 8.81. The van der Waals surface area contributed by atoms with E-state index in [1.807, 2.05) is 0 Å². The highest BCUT2D eigenvalue weighted by molar-refractivity contribution is 6.22. The van der Waals surface area contributed by atoms with Crippen molar-refractivity contribution in [1.82, 2.24) is 10.6 Å². The van der Waals surface area contributed by atoms with Crippen molar-refractivity contribution in [2.24, 2.45) is 0 Å². The Morgan fingerprint density at radius 3 is 2.46 bits per heavy atom. The molecule has 28 heavy (non-hydrogen) atoms. The van der Waals surface area contributed by atoms with Crippen molar-refractivity contribution in [1.29, 1.82) is 0 Å². The van der Waals surface area contributed by atoms with E-state index in [0.29, 0.717) is 24.4 Å². The Balaban J connectivity index is 1.52. The van der Waals surface area contributed by atoms with Crippen molar-refractivity contribution >= 4 is 23.5 Å². The topological polar surface area (TPSA) is 108 Å². The number of imide groups is 1. The van der Waals surface area contributed by atoms with Gasteiger partial charge in [-0.05, 0) is 48.4 Å². The number of nitrogens with zero attached hydrogens (tertiary/aromatic N) is 1. The van der Waals surface area contributed by atoms with Gasteiger partial charge in [-0.15, -0.1) is 0 Å². The van der Waals surface area contributed by atoms with Crippen molar-refractivity contribution in [3.05, 3.63) is 54.1 Å². The second-order valence-electron chi connectivity index (χ2n) is 6.34. The molecule has 0 bridgehead atoms. The molecule has 1 saturated heterocycles. The number of hydrogen-bond donors (Lipinski definition) is 3. The van der Waals surface area contributed by atoms with Gasteiger partial charge in [0.2, 0.25) is 5.91 Å². The van der Waals surface area contributed by atoms with Gasteiger partial charge in [-0.25, -0.2) is 9.69 Å². The van der Waals surface area contributed by atoms with Crippen LogP contribution < -0.4 is 20.3 Å². The van der Waals surface area contributed by atoms with Gasteiger partial charge in [-0.2, -0.15) is 0 Å². The summed E-state index contributed by atoms with van der Waals surface area (Å²) in [7, 11) is 1.53. The Bertz CT molecular complexity index is 864. The number of amides is 4. The highest BCUT2D eigenvalue weighted by Crippen LogP contribution is 2.23. The standard InChI is InChI=1S/C20H21N3O5/c1-28-16-8-4-14(5-9-16)23-19(26)17(22-20(23)27)12-18(25)21-11-10-13-2-6-15(24)7-3-13/h2-9,17,24H,10-12H2,1H3,(H,21,25)(H,22,27). The Morgan fingerprint density at radius 1 is 1.14 bits per heavy atom. The summed E-state index contributed by atoms with van der Waals surface area (Å²) in [5.74, 6) is 0.00269. The molecule has 1 fully saturated rings. The summed E-state index contributed by atoms with van der Waals surface area (Å²) in [6.45, 7) is 0.390. The Morgan fingerprint density at radius 2 is 1.82 bits per heavy atom. The Labute approximate surface area is 162 Å². The van der Waals surface area contributed by atoms with Gasteiger partial charge in [-0.1, -0.05) is 12.1 Å². The summed E-state index contributed by atoms with van der Waals surface area (Å²) in [4.78, 5) is 37.9. The molecule has 0 spiro atoms. The van der Waals surface area contributed by atoms with E-state index in [1.165, 1.54) is 7.11 Å². The van der Waals surface area contributed by atoms with Crippen molar-refractivity contribution in [3.8, 4) is 11.5 Å². The first kappa shape index (κ1) is 19.2. The van der Waals surface area contributed by atoms with Gasteiger partial charge >= 0.3 is 6.03 Å². The fourth-order valence-corrected chi connectivity index (χ4v) is 2.91. The normalized spacial score (nSPS) is 16.0. The van der Waals surface area contributed by atoms with E-state index in [1.54, 1.807) is 48.5 Å². The van der Waals surface area contributed by atoms with E-state index in [0.717, 1.165) is 10.5 Å². The molecule has 8 nitrogen and oxygen atoms in total. The van der Waals surface area contributed by atoms with Crippen molar-refractivity contribution in [2.75, 3.05) is 18.6 Å². The molecule has 0 saturated carbocycles. The van der Waals surface area contributed by atoms with Crippen molar-refractivity contribution in [2.45, 2.75) is 18.9 Å². The summed E-state index contributed by atoms with van der Waals surface area (Å²) < 4.78 is 5.07. The van der Waals surface area contributed by atoms with E-state index in [9.17, 15) is 19.5 Å². The predicted octanol–water partition coefficient (Wildman–Crippen LogP) is 1.57. The maximum atomic E-state index is 12.5. The van der Waals surface area contributed by atoms with Gasteiger partial charge in [0.1, 0.15) is 17.5 Å². The lowest BCUT2D eigenvalue weighted by atomic mass is 10.1. The first-order chi connectivity index (χ1) is 13.5. The summed E-state index contributed by atoms with van der Waals surface area (Å²) >= 11 is 0. The molecule has 1 unspecified atom stereocenters. The van der Waals surface area contributed by atoms with Gasteiger partial charge in [0.05, 0.1) is 19.2 Å². The van der Waals surface area contributed by atoms with Crippen LogP contribution in [0.5, 0.6) is 11.5 Å². The zero-order valence-corrected chi connectivity index (χ0v) is 15.3. The highest BCUT2D eigenvalue weighted by atomic mass is 16.5. The number of rotatable bonds is 7. The zero-order chi connectivity index (χ0) is 20.1. The molecule has 8 heteroatoms. The number of phenols is 1. The number of aromatic hydroxyl groups is 1. The Hall–Kier alpha value is -3.55. The van der Waals surface area contributed by atoms with Crippen LogP contribution in [0.2, 0.25) is 0 Å². The third-order valence-electron chi connectivity index (χ3n) is 4.41. The lowest BCUT2D eigenvalue weighted by molar-refractivity contribution is -0.125. The van der Waals surface area contributed by atoms with Crippen LogP contribution in [0.4, 0.5) is 10.5 Å². The molecule has 1 heterocycles. The number of ether oxygens (including phenoxy) is 1. The molecule has 2 aromatic rings. The van der Waals surface area contributed by atoms with Crippen LogP contribution in [0.15, 0.2) is 48.5 Å². The predicted molar refractivity (Wildman–Crippen MR) is 102 cm³/mol. The van der Waals surface area contributed by atoms with Gasteiger partial charge in [0.15, 0.2) is 0 Å². The third kappa shape index (κ3) is 4.40. The van der Waals surface area contributed by atoms with Crippen LogP contribution in [0.3, 0.4) is 0 Å². The lowest BCUT2D eigenvalue weighted by Crippen LogP contribution is -2.37. The largest absolute Gasteiger partial charge is 0.508 e. The zero-order valence-electron chi connectivity index (χ0n) is 15.3. The molecule has 3 N–H and O–H groups in total. The van der Waals surface area contributed by atoms with E-state index < -0.39 is 18.0 Å². The van der Waals surface area contributed by atoms with Crippen molar-refractivity contribution in [3.63, 3.8) is 0 Å². The van der Waals surface area contributed by atoms with Gasteiger partial charge in [-0.3, -0.25) is 9.59 Å². The molecule has 0 radical (unpaired) electrons. The van der Waals surface area contributed by atoms with Crippen LogP contribution in [0.25, 0.3) is 0 Å². The third-order valence-corrected chi connectivity index (χ3v) is 4.41. The molecular weight excluding hydrogens is 362 g/mol. The number of carbonyl (C=O) groups excluding carboxylic acids is 3. The maximum Gasteiger partial charge on any atom is 0.329 e. The summed E-state index contributed by atoms with van der Waals surface area (Å²) in [5.41, 5.74) is 1.38. The average Bonchev–Trinajstić information content (AvgIpc) is 2.96. The average molecular weight is 383 g/mol. The second kappa shape index (κ2) is 8.43. The summed E-state index contributed by atoms with van der Waals surface area (Å²) in [6.07, 6.45) is 0.460. The van der Waals surface area contributed by atoms with Gasteiger partial charge in [0.25, 0.3) is 5.91 Å². The lowest BCUT2D eigenvalue weighted by Gasteiger charge is -2.13. The van der Waals surface area contributed by atoms with Gasteiger partial charge in [0, 0.05) is 6.54 Å². The number of urea groups is 1. The van der Waals surface area contributed by atoms with E-state index >= 15 is 0 Å². The monoisotopic (exact) mass is 383 g/mol. The maximum absolute atomic E-state index is 12.5. The fraction of sp³-hybridized carbons (Fsp3) is 0.250. The molecule has 0 aliphatic carbocycles. The molecule has 1 aliphatic heterocycles. The fourth-order valence-electron chi connectivity index (χ4n) is 2.91. The van der Waals surface area contributed by atoms with Crippen molar-refractivity contribution < 1.29 is 24.2 Å². The van der Waals surface area contributed by atoms with E-state index in [2.05, 4.69) is 10.6 Å². The summed E-state index contributed by atoms with van der Waals surface area (Å²) in [6, 6.07) is 11.8. The SMILES string of the molecule is COc1ccc(N2C(=O)NC(CC(=O)NCCc3ccc(O)cc3)C2=O)cc1. The second-order valence-corrected chi connectivity index (χ2v) is 6.34. The molecule has 146 valence electrons. The first-order valence-corrected chi connectivity index (χ1v) is 8.81. The molecular formula is C20H21N3O5. The number of nitrogens with one attached hydrogen (secondary N) is 2.